The van der Waals surface area contributed by atoms with Gasteiger partial charge < -0.3 is 19.7 Å². The van der Waals surface area contributed by atoms with Crippen molar-refractivity contribution in [2.45, 2.75) is 57.7 Å². The Balaban J connectivity index is 1.26. The van der Waals surface area contributed by atoms with Crippen molar-refractivity contribution in [3.8, 4) is 11.9 Å². The Kier molecular flexibility index (Phi) is 5.98. The topological polar surface area (TPSA) is 100 Å². The zero-order valence-corrected chi connectivity index (χ0v) is 20.1. The van der Waals surface area contributed by atoms with Crippen molar-refractivity contribution >= 4 is 29.2 Å². The van der Waals surface area contributed by atoms with Crippen LogP contribution in [0.3, 0.4) is 0 Å². The van der Waals surface area contributed by atoms with Crippen molar-refractivity contribution in [3.63, 3.8) is 0 Å². The average molecular weight is 482 g/mol. The molecule has 1 aromatic heterocycles. The fraction of sp³-hybridized carbons (Fsp3) is 0.520. The lowest BCUT2D eigenvalue weighted by Crippen LogP contribution is -2.52. The first-order chi connectivity index (χ1) is 16.3. The van der Waals surface area contributed by atoms with Gasteiger partial charge in [0, 0.05) is 24.9 Å². The normalized spacial score (nSPS) is 24.6. The van der Waals surface area contributed by atoms with E-state index in [1.54, 1.807) is 18.2 Å². The Hall–Kier alpha value is -3.05. The Labute approximate surface area is 204 Å². The number of nitrogens with one attached hydrogen (secondary N) is 1. The highest BCUT2D eigenvalue weighted by molar-refractivity contribution is 6.33. The van der Waals surface area contributed by atoms with Gasteiger partial charge in [0.1, 0.15) is 23.9 Å². The van der Waals surface area contributed by atoms with E-state index in [1.807, 2.05) is 18.7 Å². The Morgan fingerprint density at radius 1 is 1.26 bits per heavy atom. The third-order valence-corrected chi connectivity index (χ3v) is 7.70. The second kappa shape index (κ2) is 8.95. The van der Waals surface area contributed by atoms with Crippen molar-refractivity contribution in [1.29, 1.82) is 5.26 Å². The van der Waals surface area contributed by atoms with Gasteiger partial charge in [-0.2, -0.15) is 5.26 Å². The summed E-state index contributed by atoms with van der Waals surface area (Å²) >= 11 is 6.31. The summed E-state index contributed by atoms with van der Waals surface area (Å²) in [5.41, 5.74) is 1.64. The monoisotopic (exact) mass is 481 g/mol. The van der Waals surface area contributed by atoms with Crippen LogP contribution in [0.5, 0.6) is 5.88 Å². The fourth-order valence-electron chi connectivity index (χ4n) is 5.19. The van der Waals surface area contributed by atoms with Crippen molar-refractivity contribution in [2.24, 2.45) is 11.8 Å². The molecule has 2 aliphatic carbocycles. The molecular weight excluding hydrogens is 454 g/mol. The second-order valence-corrected chi connectivity index (χ2v) is 10.2. The van der Waals surface area contributed by atoms with E-state index in [4.69, 9.17) is 26.3 Å². The van der Waals surface area contributed by atoms with E-state index in [1.165, 1.54) is 6.33 Å². The number of hydrogen-bond acceptors (Lipinski definition) is 7. The highest BCUT2D eigenvalue weighted by Crippen LogP contribution is 2.41. The lowest BCUT2D eigenvalue weighted by molar-refractivity contribution is -0.0586. The Morgan fingerprint density at radius 3 is 2.62 bits per heavy atom. The van der Waals surface area contributed by atoms with Gasteiger partial charge in [-0.05, 0) is 64.2 Å². The maximum atomic E-state index is 12.7. The minimum absolute atomic E-state index is 0.00305. The summed E-state index contributed by atoms with van der Waals surface area (Å²) in [6.07, 6.45) is 6.33. The number of hydrogen-bond donors (Lipinski definition) is 1. The lowest BCUT2D eigenvalue weighted by atomic mass is 9.82. The van der Waals surface area contributed by atoms with E-state index in [0.29, 0.717) is 41.1 Å². The van der Waals surface area contributed by atoms with Gasteiger partial charge in [0.15, 0.2) is 0 Å². The molecule has 8 nitrogen and oxygen atoms in total. The fourth-order valence-corrected chi connectivity index (χ4v) is 5.42. The number of rotatable bonds is 5. The molecule has 1 saturated heterocycles. The van der Waals surface area contributed by atoms with Crippen molar-refractivity contribution in [3.05, 3.63) is 40.7 Å². The first-order valence-electron chi connectivity index (χ1n) is 11.8. The summed E-state index contributed by atoms with van der Waals surface area (Å²) in [5, 5.41) is 12.7. The molecule has 0 radical (unpaired) electrons. The van der Waals surface area contributed by atoms with Gasteiger partial charge in [-0.1, -0.05) is 11.6 Å². The predicted molar refractivity (Wildman–Crippen MR) is 127 cm³/mol. The number of nitriles is 1. The molecular formula is C25H28ClN5O3. The summed E-state index contributed by atoms with van der Waals surface area (Å²) < 4.78 is 12.2. The van der Waals surface area contributed by atoms with Gasteiger partial charge in [-0.3, -0.25) is 0 Å². The minimum atomic E-state index is -0.289. The molecule has 5 rings (SSSR count). The standard InChI is InChI=1S/C25H28ClN5O3/c1-15-22(30-20-7-4-16(11-27)10-19(20)26)28-14-29-23(15)33-21-17-5-6-18(21)13-31(12-17)24(32)34-25(2)8-3-9-25/h4,7,10,14,17-18,21H,3,5-6,8-9,12-13H2,1-2H3,(H,28,29,30). The number of nitrogens with zero attached hydrogens (tertiary/aromatic N) is 4. The van der Waals surface area contributed by atoms with E-state index in [0.717, 1.165) is 37.7 Å². The number of likely N-dealkylation sites (tertiary alicyclic amines) is 1. The van der Waals surface area contributed by atoms with E-state index < -0.39 is 0 Å². The number of benzene rings is 1. The molecule has 0 spiro atoms. The van der Waals surface area contributed by atoms with Crippen LogP contribution in [0.25, 0.3) is 0 Å². The molecule has 2 saturated carbocycles. The number of halogens is 1. The first kappa shape index (κ1) is 22.7. The van der Waals surface area contributed by atoms with Crippen LogP contribution in [0, 0.1) is 30.1 Å². The number of fused-ring (bicyclic) bond motifs is 2. The predicted octanol–water partition coefficient (Wildman–Crippen LogP) is 5.22. The van der Waals surface area contributed by atoms with Gasteiger partial charge >= 0.3 is 6.09 Å². The molecule has 1 aliphatic heterocycles. The zero-order chi connectivity index (χ0) is 23.9. The zero-order valence-electron chi connectivity index (χ0n) is 19.4. The Morgan fingerprint density at radius 2 is 2.00 bits per heavy atom. The minimum Gasteiger partial charge on any atom is -0.473 e. The number of piperidine rings is 1. The van der Waals surface area contributed by atoms with Crippen LogP contribution in [-0.4, -0.2) is 45.8 Å². The lowest BCUT2D eigenvalue weighted by Gasteiger charge is -2.42. The quantitative estimate of drug-likeness (QED) is 0.624. The molecule has 2 aromatic rings. The van der Waals surface area contributed by atoms with Crippen LogP contribution in [0.4, 0.5) is 16.3 Å². The smallest absolute Gasteiger partial charge is 0.410 e. The second-order valence-electron chi connectivity index (χ2n) is 9.84. The third kappa shape index (κ3) is 4.37. The Bertz CT molecular complexity index is 1130. The highest BCUT2D eigenvalue weighted by atomic mass is 35.5. The number of ether oxygens (including phenoxy) is 2. The summed E-state index contributed by atoms with van der Waals surface area (Å²) in [5.74, 6) is 1.62. The van der Waals surface area contributed by atoms with Gasteiger partial charge in [0.05, 0.1) is 27.9 Å². The molecule has 2 heterocycles. The molecule has 3 fully saturated rings. The number of anilines is 2. The molecule has 9 heteroatoms. The number of carbonyl (C=O) groups excluding carboxylic acids is 1. The van der Waals surface area contributed by atoms with Crippen molar-refractivity contribution in [1.82, 2.24) is 14.9 Å². The molecule has 1 N–H and O–H groups in total. The van der Waals surface area contributed by atoms with Crippen LogP contribution in [-0.2, 0) is 4.74 Å². The molecule has 1 amide bonds. The van der Waals surface area contributed by atoms with Crippen LogP contribution in [0.1, 0.15) is 50.2 Å². The maximum Gasteiger partial charge on any atom is 0.410 e. The molecule has 3 aliphatic rings. The number of amides is 1. The largest absolute Gasteiger partial charge is 0.473 e. The van der Waals surface area contributed by atoms with E-state index in [2.05, 4.69) is 21.4 Å². The average Bonchev–Trinajstić information content (AvgIpc) is 3.02. The van der Waals surface area contributed by atoms with Gasteiger partial charge in [0.2, 0.25) is 5.88 Å². The summed E-state index contributed by atoms with van der Waals surface area (Å²) in [6.45, 7) is 5.22. The maximum absolute atomic E-state index is 12.7. The SMILES string of the molecule is Cc1c(Nc2ccc(C#N)cc2Cl)ncnc1OC1C2CCC1CN(C(=O)OC1(C)CCC1)C2. The first-order valence-corrected chi connectivity index (χ1v) is 12.2. The van der Waals surface area contributed by atoms with Gasteiger partial charge in [-0.25, -0.2) is 14.8 Å². The third-order valence-electron chi connectivity index (χ3n) is 7.39. The van der Waals surface area contributed by atoms with E-state index in [9.17, 15) is 4.79 Å². The molecule has 34 heavy (non-hydrogen) atoms. The number of aromatic nitrogens is 2. The van der Waals surface area contributed by atoms with Crippen molar-refractivity contribution in [2.75, 3.05) is 18.4 Å². The molecule has 2 atom stereocenters. The molecule has 2 bridgehead atoms. The molecule has 1 aromatic carbocycles. The van der Waals surface area contributed by atoms with Crippen molar-refractivity contribution < 1.29 is 14.3 Å². The summed E-state index contributed by atoms with van der Waals surface area (Å²) in [6, 6.07) is 7.14. The van der Waals surface area contributed by atoms with E-state index >= 15 is 0 Å². The van der Waals surface area contributed by atoms with Crippen LogP contribution < -0.4 is 10.1 Å². The molecule has 2 unspecified atom stereocenters. The highest BCUT2D eigenvalue weighted by Gasteiger charge is 2.47. The van der Waals surface area contributed by atoms with Gasteiger partial charge in [0.25, 0.3) is 0 Å². The van der Waals surface area contributed by atoms with Gasteiger partial charge in [-0.15, -0.1) is 0 Å². The number of carbonyl (C=O) groups is 1. The summed E-state index contributed by atoms with van der Waals surface area (Å²) in [7, 11) is 0. The van der Waals surface area contributed by atoms with Crippen LogP contribution in [0.15, 0.2) is 24.5 Å². The molecule has 178 valence electrons. The summed E-state index contributed by atoms with van der Waals surface area (Å²) in [4.78, 5) is 23.3. The van der Waals surface area contributed by atoms with E-state index in [-0.39, 0.29) is 29.6 Å². The van der Waals surface area contributed by atoms with Crippen LogP contribution >= 0.6 is 11.6 Å². The van der Waals surface area contributed by atoms with Crippen LogP contribution in [0.2, 0.25) is 5.02 Å².